The van der Waals surface area contributed by atoms with Crippen LogP contribution in [0.4, 0.5) is 0 Å². The van der Waals surface area contributed by atoms with Crippen LogP contribution in [0.5, 0.6) is 0 Å². The van der Waals surface area contributed by atoms with Gasteiger partial charge in [-0.1, -0.05) is 43.8 Å². The Balaban J connectivity index is 1.63. The summed E-state index contributed by atoms with van der Waals surface area (Å²) in [7, 11) is 0. The lowest BCUT2D eigenvalue weighted by atomic mass is 9.92. The maximum atomic E-state index is 13.0. The third-order valence-corrected chi connectivity index (χ3v) is 6.41. The van der Waals surface area contributed by atoms with Crippen molar-refractivity contribution in [2.75, 3.05) is 13.1 Å². The molecule has 142 valence electrons. The molecule has 3 unspecified atom stereocenters. The average Bonchev–Trinajstić information content (AvgIpc) is 3.03. The Morgan fingerprint density at radius 2 is 1.89 bits per heavy atom. The number of amides is 1. The van der Waals surface area contributed by atoms with Crippen LogP contribution >= 0.6 is 11.8 Å². The van der Waals surface area contributed by atoms with Gasteiger partial charge in [-0.2, -0.15) is 0 Å². The van der Waals surface area contributed by atoms with E-state index >= 15 is 0 Å². The van der Waals surface area contributed by atoms with E-state index in [4.69, 9.17) is 0 Å². The van der Waals surface area contributed by atoms with Gasteiger partial charge in [0.25, 0.3) is 0 Å². The molecule has 0 radical (unpaired) electrons. The lowest BCUT2D eigenvalue weighted by molar-refractivity contribution is -0.132. The van der Waals surface area contributed by atoms with E-state index in [1.54, 1.807) is 0 Å². The monoisotopic (exact) mass is 382 g/mol. The summed E-state index contributed by atoms with van der Waals surface area (Å²) < 4.78 is 2.07. The summed E-state index contributed by atoms with van der Waals surface area (Å²) in [5.74, 6) is 1.33. The molecule has 3 heterocycles. The molecule has 2 aromatic heterocycles. The van der Waals surface area contributed by atoms with Gasteiger partial charge in [0.15, 0.2) is 10.8 Å². The van der Waals surface area contributed by atoms with Crippen molar-refractivity contribution < 1.29 is 4.79 Å². The fraction of sp³-hybridized carbons (Fsp3) is 0.476. The largest absolute Gasteiger partial charge is 0.341 e. The van der Waals surface area contributed by atoms with E-state index in [2.05, 4.69) is 53.6 Å². The zero-order valence-corrected chi connectivity index (χ0v) is 17.2. The van der Waals surface area contributed by atoms with E-state index in [0.717, 1.165) is 29.4 Å². The van der Waals surface area contributed by atoms with Gasteiger partial charge in [-0.3, -0.25) is 9.20 Å². The Bertz CT molecular complexity index is 988. The summed E-state index contributed by atoms with van der Waals surface area (Å²) in [6.07, 6.45) is 1.20. The highest BCUT2D eigenvalue weighted by Gasteiger charge is 2.29. The Morgan fingerprint density at radius 3 is 2.63 bits per heavy atom. The lowest BCUT2D eigenvalue weighted by Gasteiger charge is -2.36. The molecule has 0 spiro atoms. The number of carbonyl (C=O) groups excluding carboxylic acids is 1. The topological polar surface area (TPSA) is 50.5 Å². The summed E-state index contributed by atoms with van der Waals surface area (Å²) in [4.78, 5) is 15.0. The minimum Gasteiger partial charge on any atom is -0.341 e. The Morgan fingerprint density at radius 1 is 1.19 bits per heavy atom. The average molecular weight is 383 g/mol. The number of carbonyl (C=O) groups is 1. The van der Waals surface area contributed by atoms with E-state index < -0.39 is 0 Å². The zero-order valence-electron chi connectivity index (χ0n) is 16.3. The normalized spacial score (nSPS) is 21.7. The molecule has 1 aromatic carbocycles. The summed E-state index contributed by atoms with van der Waals surface area (Å²) in [6, 6.07) is 10.3. The fourth-order valence-electron chi connectivity index (χ4n) is 4.26. The molecule has 0 bridgehead atoms. The number of nitrogens with zero attached hydrogens (tertiary/aromatic N) is 4. The number of para-hydroxylation sites is 1. The quantitative estimate of drug-likeness (QED) is 0.638. The van der Waals surface area contributed by atoms with Crippen LogP contribution in [-0.2, 0) is 4.79 Å². The molecule has 4 rings (SSSR count). The summed E-state index contributed by atoms with van der Waals surface area (Å²) >= 11 is 1.50. The van der Waals surface area contributed by atoms with Crippen LogP contribution < -0.4 is 0 Å². The standard InChI is InChI=1S/C21H26N4OS/c1-13-9-14(2)12-24(11-13)20(26)16(4)27-21-23-22-19-10-15(3)17-7-5-6-8-18(17)25(19)21/h5-8,10,13-14,16H,9,11-12H2,1-4H3. The number of hydrogen-bond donors (Lipinski definition) is 0. The first-order valence-electron chi connectivity index (χ1n) is 9.63. The van der Waals surface area contributed by atoms with Crippen LogP contribution in [0.25, 0.3) is 16.6 Å². The fourth-order valence-corrected chi connectivity index (χ4v) is 5.21. The summed E-state index contributed by atoms with van der Waals surface area (Å²) in [5.41, 5.74) is 3.09. The van der Waals surface area contributed by atoms with Gasteiger partial charge >= 0.3 is 0 Å². The first-order chi connectivity index (χ1) is 12.9. The van der Waals surface area contributed by atoms with Crippen LogP contribution in [0.3, 0.4) is 0 Å². The molecule has 0 N–H and O–H groups in total. The van der Waals surface area contributed by atoms with Crippen molar-refractivity contribution in [1.82, 2.24) is 19.5 Å². The Kier molecular flexibility index (Phi) is 4.84. The molecular weight excluding hydrogens is 356 g/mol. The molecule has 1 saturated heterocycles. The molecule has 1 amide bonds. The maximum absolute atomic E-state index is 13.0. The van der Waals surface area contributed by atoms with E-state index in [1.165, 1.54) is 29.1 Å². The van der Waals surface area contributed by atoms with Gasteiger partial charge in [0, 0.05) is 18.5 Å². The summed E-state index contributed by atoms with van der Waals surface area (Å²) in [5, 5.41) is 10.5. The van der Waals surface area contributed by atoms with Crippen LogP contribution in [0.15, 0.2) is 35.5 Å². The molecule has 0 saturated carbocycles. The van der Waals surface area contributed by atoms with Gasteiger partial charge in [-0.25, -0.2) is 0 Å². The lowest BCUT2D eigenvalue weighted by Crippen LogP contribution is -2.45. The highest BCUT2D eigenvalue weighted by Crippen LogP contribution is 2.30. The molecule has 6 heteroatoms. The van der Waals surface area contributed by atoms with Crippen LogP contribution in [0, 0.1) is 18.8 Å². The number of piperidine rings is 1. The van der Waals surface area contributed by atoms with Crippen molar-refractivity contribution in [3.63, 3.8) is 0 Å². The van der Waals surface area contributed by atoms with Crippen LogP contribution in [0.1, 0.15) is 32.8 Å². The minimum atomic E-state index is -0.185. The van der Waals surface area contributed by atoms with Crippen molar-refractivity contribution >= 4 is 34.2 Å². The molecule has 3 aromatic rings. The summed E-state index contributed by atoms with van der Waals surface area (Å²) in [6.45, 7) is 10.2. The third-order valence-electron chi connectivity index (χ3n) is 5.38. The molecule has 0 aliphatic carbocycles. The number of rotatable bonds is 3. The molecule has 1 aliphatic heterocycles. The zero-order chi connectivity index (χ0) is 19.1. The number of hydrogen-bond acceptors (Lipinski definition) is 4. The van der Waals surface area contributed by atoms with Crippen LogP contribution in [-0.4, -0.2) is 43.7 Å². The number of benzene rings is 1. The molecule has 5 nitrogen and oxygen atoms in total. The molecule has 3 atom stereocenters. The highest BCUT2D eigenvalue weighted by atomic mass is 32.2. The predicted molar refractivity (Wildman–Crippen MR) is 110 cm³/mol. The van der Waals surface area contributed by atoms with Gasteiger partial charge in [-0.15, -0.1) is 10.2 Å². The van der Waals surface area contributed by atoms with Crippen molar-refractivity contribution in [1.29, 1.82) is 0 Å². The van der Waals surface area contributed by atoms with Crippen molar-refractivity contribution in [2.24, 2.45) is 11.8 Å². The van der Waals surface area contributed by atoms with Gasteiger partial charge in [0.2, 0.25) is 5.91 Å². The van der Waals surface area contributed by atoms with E-state index in [1.807, 2.05) is 24.0 Å². The number of likely N-dealkylation sites (tertiary alicyclic amines) is 1. The first kappa shape index (κ1) is 18.3. The molecule has 1 fully saturated rings. The van der Waals surface area contributed by atoms with E-state index in [-0.39, 0.29) is 11.2 Å². The second-order valence-corrected chi connectivity index (χ2v) is 9.28. The van der Waals surface area contributed by atoms with Crippen molar-refractivity contribution in [3.05, 3.63) is 35.9 Å². The van der Waals surface area contributed by atoms with Crippen molar-refractivity contribution in [2.45, 2.75) is 44.5 Å². The second-order valence-electron chi connectivity index (χ2n) is 7.97. The van der Waals surface area contributed by atoms with Gasteiger partial charge in [0.05, 0.1) is 10.8 Å². The predicted octanol–water partition coefficient (Wildman–Crippen LogP) is 4.18. The maximum Gasteiger partial charge on any atom is 0.235 e. The first-order valence-corrected chi connectivity index (χ1v) is 10.5. The smallest absolute Gasteiger partial charge is 0.235 e. The molecule has 27 heavy (non-hydrogen) atoms. The second kappa shape index (κ2) is 7.15. The SMILES string of the molecule is Cc1cc2nnc(SC(C)C(=O)N3CC(C)CC(C)C3)n2c2ccccc12. The molecule has 1 aliphatic rings. The van der Waals surface area contributed by atoms with Crippen LogP contribution in [0.2, 0.25) is 0 Å². The Labute approximate surface area is 164 Å². The minimum absolute atomic E-state index is 0.185. The highest BCUT2D eigenvalue weighted by molar-refractivity contribution is 8.00. The number of pyridine rings is 1. The number of thioether (sulfide) groups is 1. The number of fused-ring (bicyclic) bond motifs is 3. The molecular formula is C21H26N4OS. The van der Waals surface area contributed by atoms with Gasteiger partial charge in [-0.05, 0) is 49.8 Å². The van der Waals surface area contributed by atoms with E-state index in [0.29, 0.717) is 11.8 Å². The third kappa shape index (κ3) is 3.43. The van der Waals surface area contributed by atoms with Crippen molar-refractivity contribution in [3.8, 4) is 0 Å². The number of aromatic nitrogens is 3. The van der Waals surface area contributed by atoms with Gasteiger partial charge in [0.1, 0.15) is 0 Å². The van der Waals surface area contributed by atoms with E-state index in [9.17, 15) is 4.79 Å². The van der Waals surface area contributed by atoms with Gasteiger partial charge < -0.3 is 4.90 Å². The number of aryl methyl sites for hydroxylation is 1. The Hall–Kier alpha value is -2.08.